The number of carbonyl (C=O) groups excluding carboxylic acids is 2. The monoisotopic (exact) mass is 418 g/mol. The van der Waals surface area contributed by atoms with Gasteiger partial charge in [-0.05, 0) is 49.8 Å². The Balaban J connectivity index is 2.12. The molecule has 0 saturated heterocycles. The van der Waals surface area contributed by atoms with E-state index < -0.39 is 5.97 Å². The Morgan fingerprint density at radius 2 is 1.47 bits per heavy atom. The van der Waals surface area contributed by atoms with E-state index >= 15 is 0 Å². The van der Waals surface area contributed by atoms with Crippen LogP contribution >= 0.6 is 0 Å². The third-order valence-corrected chi connectivity index (χ3v) is 5.52. The predicted molar refractivity (Wildman–Crippen MR) is 121 cm³/mol. The minimum absolute atomic E-state index is 0.0525. The fourth-order valence-electron chi connectivity index (χ4n) is 4.04. The molecule has 5 nitrogen and oxygen atoms in total. The van der Waals surface area contributed by atoms with Crippen molar-refractivity contribution >= 4 is 11.9 Å². The van der Waals surface area contributed by atoms with Gasteiger partial charge in [-0.1, -0.05) is 50.3 Å². The molecule has 1 atom stereocenters. The lowest BCUT2D eigenvalue weighted by molar-refractivity contribution is -0.871. The average molecular weight is 419 g/mol. The van der Waals surface area contributed by atoms with Crippen LogP contribution in [0.4, 0.5) is 0 Å². The summed E-state index contributed by atoms with van der Waals surface area (Å²) >= 11 is 0. The number of quaternary nitrogens is 1. The van der Waals surface area contributed by atoms with Gasteiger partial charge in [0.05, 0.1) is 33.7 Å². The Bertz CT molecular complexity index is 645. The average Bonchev–Trinajstić information content (AvgIpc) is 2.60. The van der Waals surface area contributed by atoms with Gasteiger partial charge in [-0.3, -0.25) is 4.79 Å². The molecule has 1 N–H and O–H groups in total. The topological polar surface area (TPSA) is 69.2 Å². The maximum Gasteiger partial charge on any atom is 0.220 e. The number of rotatable bonds is 15. The van der Waals surface area contributed by atoms with Gasteiger partial charge in [0.2, 0.25) is 5.91 Å². The number of aliphatic carboxylic acids is 1. The Kier molecular flexibility index (Phi) is 11.7. The zero-order valence-corrected chi connectivity index (χ0v) is 19.8. The molecule has 0 aliphatic rings. The lowest BCUT2D eigenvalue weighted by atomic mass is 9.97. The van der Waals surface area contributed by atoms with Gasteiger partial charge >= 0.3 is 0 Å². The third-order valence-electron chi connectivity index (χ3n) is 5.52. The molecular formula is C25H42N2O3. The number of hydrogen-bond acceptors (Lipinski definition) is 3. The highest BCUT2D eigenvalue weighted by molar-refractivity contribution is 5.77. The molecule has 0 unspecified atom stereocenters. The molecule has 0 spiro atoms. The first-order valence-corrected chi connectivity index (χ1v) is 11.4. The highest BCUT2D eigenvalue weighted by atomic mass is 16.4. The van der Waals surface area contributed by atoms with Crippen LogP contribution in [-0.2, 0) is 16.0 Å². The van der Waals surface area contributed by atoms with Crippen molar-refractivity contribution < 1.29 is 19.2 Å². The van der Waals surface area contributed by atoms with Crippen molar-refractivity contribution in [1.29, 1.82) is 0 Å². The second kappa shape index (κ2) is 13.4. The molecule has 170 valence electrons. The summed E-state index contributed by atoms with van der Waals surface area (Å²) in [7, 11) is 5.95. The zero-order valence-electron chi connectivity index (χ0n) is 19.8. The summed E-state index contributed by atoms with van der Waals surface area (Å²) in [6.45, 7) is 4.96. The summed E-state index contributed by atoms with van der Waals surface area (Å²) < 4.78 is 0.599. The summed E-state index contributed by atoms with van der Waals surface area (Å²) in [5.74, 6) is -1.17. The molecule has 0 fully saturated rings. The molecule has 0 aliphatic heterocycles. The van der Waals surface area contributed by atoms with Gasteiger partial charge in [0.1, 0.15) is 0 Å². The van der Waals surface area contributed by atoms with Gasteiger partial charge in [-0.2, -0.15) is 0 Å². The molecule has 0 saturated carbocycles. The number of nitrogens with one attached hydrogen (secondary N) is 1. The van der Waals surface area contributed by atoms with Gasteiger partial charge in [-0.15, -0.1) is 0 Å². The summed E-state index contributed by atoms with van der Waals surface area (Å²) in [6, 6.07) is 6.14. The highest BCUT2D eigenvalue weighted by Crippen LogP contribution is 2.17. The van der Waals surface area contributed by atoms with Crippen LogP contribution in [-0.4, -0.2) is 50.1 Å². The van der Waals surface area contributed by atoms with E-state index in [1.54, 1.807) is 0 Å². The molecule has 1 rings (SSSR count). The number of carboxylic acid groups (broad SMARTS) is 1. The fourth-order valence-corrected chi connectivity index (χ4v) is 4.04. The van der Waals surface area contributed by atoms with E-state index in [1.165, 1.54) is 48.8 Å². The summed E-state index contributed by atoms with van der Waals surface area (Å²) in [5, 5.41) is 13.8. The van der Waals surface area contributed by atoms with Crippen LogP contribution in [0.1, 0.15) is 74.5 Å². The highest BCUT2D eigenvalue weighted by Gasteiger charge is 2.20. The van der Waals surface area contributed by atoms with Crippen LogP contribution in [0.15, 0.2) is 18.2 Å². The van der Waals surface area contributed by atoms with Crippen LogP contribution in [0, 0.1) is 13.8 Å². The van der Waals surface area contributed by atoms with E-state index in [4.69, 9.17) is 0 Å². The summed E-state index contributed by atoms with van der Waals surface area (Å²) in [6.07, 6.45) is 9.50. The minimum atomic E-state index is -1.12. The largest absolute Gasteiger partial charge is 0.550 e. The second-order valence-corrected chi connectivity index (χ2v) is 9.66. The van der Waals surface area contributed by atoms with Crippen molar-refractivity contribution in [3.8, 4) is 0 Å². The number of aryl methyl sites for hydroxylation is 2. The van der Waals surface area contributed by atoms with E-state index in [0.29, 0.717) is 17.4 Å². The standard InChI is InChI=1S/C25H42N2O3/c1-20-14-13-15-21(2)23(20)16-11-9-7-6-8-10-12-17-24(28)26-22(18-25(29)30)19-27(3,4)5/h13-15,22H,6-12,16-19H2,1-5H3,(H-,26,28,29,30)/t22-/m1/s1. The lowest BCUT2D eigenvalue weighted by Crippen LogP contribution is -2.50. The van der Waals surface area contributed by atoms with Crippen LogP contribution in [0.5, 0.6) is 0 Å². The Morgan fingerprint density at radius 3 is 2.00 bits per heavy atom. The van der Waals surface area contributed by atoms with Gasteiger partial charge in [0.15, 0.2) is 0 Å². The van der Waals surface area contributed by atoms with Crippen molar-refractivity contribution in [3.63, 3.8) is 0 Å². The maximum atomic E-state index is 12.2. The first-order valence-electron chi connectivity index (χ1n) is 11.4. The first-order chi connectivity index (χ1) is 14.1. The number of hydrogen-bond donors (Lipinski definition) is 1. The third kappa shape index (κ3) is 12.0. The van der Waals surface area contributed by atoms with Crippen LogP contribution < -0.4 is 10.4 Å². The molecular weight excluding hydrogens is 376 g/mol. The number of benzene rings is 1. The van der Waals surface area contributed by atoms with E-state index in [2.05, 4.69) is 37.4 Å². The van der Waals surface area contributed by atoms with Crippen LogP contribution in [0.25, 0.3) is 0 Å². The summed E-state index contributed by atoms with van der Waals surface area (Å²) in [5.41, 5.74) is 4.30. The predicted octanol–water partition coefficient (Wildman–Crippen LogP) is 3.30. The van der Waals surface area contributed by atoms with Gasteiger partial charge in [0, 0.05) is 18.8 Å². The molecule has 0 radical (unpaired) electrons. The van der Waals surface area contributed by atoms with Crippen LogP contribution in [0.3, 0.4) is 0 Å². The number of amides is 1. The Hall–Kier alpha value is -1.88. The molecule has 1 aromatic carbocycles. The lowest BCUT2D eigenvalue weighted by Gasteiger charge is -2.30. The molecule has 0 bridgehead atoms. The number of carbonyl (C=O) groups is 2. The van der Waals surface area contributed by atoms with E-state index in [9.17, 15) is 14.7 Å². The number of carboxylic acids is 1. The zero-order chi connectivity index (χ0) is 22.6. The minimum Gasteiger partial charge on any atom is -0.550 e. The molecule has 5 heteroatoms. The van der Waals surface area contributed by atoms with Gasteiger partial charge in [0.25, 0.3) is 0 Å². The Morgan fingerprint density at radius 1 is 0.933 bits per heavy atom. The first kappa shape index (κ1) is 26.2. The van der Waals surface area contributed by atoms with Crippen molar-refractivity contribution in [3.05, 3.63) is 34.9 Å². The SMILES string of the molecule is Cc1cccc(C)c1CCCCCCCCCC(=O)N[C@H](CC(=O)[O-])C[N+](C)(C)C. The molecule has 1 amide bonds. The van der Waals surface area contributed by atoms with Crippen molar-refractivity contribution in [2.45, 2.75) is 84.1 Å². The molecule has 0 heterocycles. The fraction of sp³-hybridized carbons (Fsp3) is 0.680. The van der Waals surface area contributed by atoms with E-state index in [-0.39, 0.29) is 18.4 Å². The normalized spacial score (nSPS) is 12.6. The molecule has 0 aromatic heterocycles. The number of unbranched alkanes of at least 4 members (excludes halogenated alkanes) is 6. The van der Waals surface area contributed by atoms with Crippen molar-refractivity contribution in [1.82, 2.24) is 5.32 Å². The van der Waals surface area contributed by atoms with Gasteiger partial charge in [-0.25, -0.2) is 0 Å². The van der Waals surface area contributed by atoms with Crippen LogP contribution in [0.2, 0.25) is 0 Å². The maximum absolute atomic E-state index is 12.2. The summed E-state index contributed by atoms with van der Waals surface area (Å²) in [4.78, 5) is 23.1. The van der Waals surface area contributed by atoms with E-state index in [0.717, 1.165) is 19.3 Å². The van der Waals surface area contributed by atoms with Crippen molar-refractivity contribution in [2.75, 3.05) is 27.7 Å². The molecule has 30 heavy (non-hydrogen) atoms. The smallest absolute Gasteiger partial charge is 0.220 e. The quantitative estimate of drug-likeness (QED) is 0.351. The number of likely N-dealkylation sites (N-methyl/N-ethyl adjacent to an activating group) is 1. The van der Waals surface area contributed by atoms with Crippen molar-refractivity contribution in [2.24, 2.45) is 0 Å². The van der Waals surface area contributed by atoms with E-state index in [1.807, 2.05) is 21.1 Å². The molecule has 1 aromatic rings. The van der Waals surface area contributed by atoms with Gasteiger partial charge < -0.3 is 19.7 Å². The Labute approximate surface area is 183 Å². The second-order valence-electron chi connectivity index (χ2n) is 9.66. The molecule has 0 aliphatic carbocycles. The number of nitrogens with zero attached hydrogens (tertiary/aromatic N) is 1.